The van der Waals surface area contributed by atoms with Gasteiger partial charge in [-0.1, -0.05) is 30.3 Å². The van der Waals surface area contributed by atoms with E-state index in [-0.39, 0.29) is 29.4 Å². The van der Waals surface area contributed by atoms with Crippen LogP contribution in [0.1, 0.15) is 23.1 Å². The van der Waals surface area contributed by atoms with Crippen molar-refractivity contribution in [2.75, 3.05) is 26.0 Å². The first-order valence-corrected chi connectivity index (χ1v) is 13.1. The molecule has 10 heteroatoms. The molecule has 0 N–H and O–H groups in total. The molecule has 0 aliphatic rings. The topological polar surface area (TPSA) is 46.6 Å². The minimum Gasteiger partial charge on any atom is -0.494 e. The number of rotatable bonds is 11. The van der Waals surface area contributed by atoms with E-state index in [2.05, 4.69) is 0 Å². The molecule has 194 valence electrons. The van der Waals surface area contributed by atoms with Crippen molar-refractivity contribution in [1.29, 1.82) is 0 Å². The third kappa shape index (κ3) is 8.03. The smallest absolute Gasteiger partial charge is 0.419 e. The molecule has 0 fully saturated rings. The standard InChI is InChI=1S/C26H26F5NO3S/c1-36(33,34)23-7-3-6-22(17-23)35-16-4-14-32(15-13-19-9-11-21(27)12-10-19)18-20-5-2-8-24(25(20)28)26(29,30)31/h2-3,5-12,17H,4,13-16,18H2,1H3. The molecule has 0 bridgehead atoms. The highest BCUT2D eigenvalue weighted by Gasteiger charge is 2.34. The van der Waals surface area contributed by atoms with E-state index in [1.54, 1.807) is 29.2 Å². The zero-order valence-corrected chi connectivity index (χ0v) is 20.4. The zero-order valence-electron chi connectivity index (χ0n) is 19.6. The van der Waals surface area contributed by atoms with E-state index in [0.717, 1.165) is 11.8 Å². The van der Waals surface area contributed by atoms with Gasteiger partial charge in [0.05, 0.1) is 17.1 Å². The van der Waals surface area contributed by atoms with Crippen LogP contribution in [0.15, 0.2) is 71.6 Å². The fourth-order valence-electron chi connectivity index (χ4n) is 3.64. The molecule has 0 unspecified atom stereocenters. The lowest BCUT2D eigenvalue weighted by Gasteiger charge is -2.23. The molecule has 0 saturated carbocycles. The summed E-state index contributed by atoms with van der Waals surface area (Å²) in [5.74, 6) is -1.30. The van der Waals surface area contributed by atoms with Crippen LogP contribution in [0.3, 0.4) is 0 Å². The molecule has 0 spiro atoms. The Hall–Kier alpha value is -2.98. The van der Waals surface area contributed by atoms with Gasteiger partial charge >= 0.3 is 6.18 Å². The Labute approximate surface area is 207 Å². The SMILES string of the molecule is CS(=O)(=O)c1cccc(OCCCN(CCc2ccc(F)cc2)Cc2cccc(C(F)(F)F)c2F)c1. The zero-order chi connectivity index (χ0) is 26.3. The molecule has 0 saturated heterocycles. The summed E-state index contributed by atoms with van der Waals surface area (Å²) in [6, 6.07) is 15.2. The molecule has 3 aromatic carbocycles. The van der Waals surface area contributed by atoms with Crippen molar-refractivity contribution in [2.45, 2.75) is 30.5 Å². The van der Waals surface area contributed by atoms with Gasteiger partial charge in [-0.05, 0) is 54.8 Å². The summed E-state index contributed by atoms with van der Waals surface area (Å²) in [5, 5.41) is 0. The fourth-order valence-corrected chi connectivity index (χ4v) is 4.30. The number of nitrogens with zero attached hydrogens (tertiary/aromatic N) is 1. The van der Waals surface area contributed by atoms with Crippen LogP contribution in [0.25, 0.3) is 0 Å². The molecule has 3 rings (SSSR count). The monoisotopic (exact) mass is 527 g/mol. The summed E-state index contributed by atoms with van der Waals surface area (Å²) in [6.07, 6.45) is -2.77. The Morgan fingerprint density at radius 3 is 2.28 bits per heavy atom. The number of sulfone groups is 1. The van der Waals surface area contributed by atoms with E-state index in [1.807, 2.05) is 0 Å². The van der Waals surface area contributed by atoms with E-state index < -0.39 is 27.4 Å². The molecule has 4 nitrogen and oxygen atoms in total. The van der Waals surface area contributed by atoms with Gasteiger partial charge in [0.1, 0.15) is 17.4 Å². The van der Waals surface area contributed by atoms with Gasteiger partial charge in [-0.2, -0.15) is 13.2 Å². The lowest BCUT2D eigenvalue weighted by molar-refractivity contribution is -0.140. The largest absolute Gasteiger partial charge is 0.494 e. The fraction of sp³-hybridized carbons (Fsp3) is 0.308. The van der Waals surface area contributed by atoms with E-state index in [4.69, 9.17) is 4.74 Å². The minimum absolute atomic E-state index is 0.0550. The third-order valence-corrected chi connectivity index (χ3v) is 6.64. The highest BCUT2D eigenvalue weighted by Crippen LogP contribution is 2.32. The number of ether oxygens (including phenoxy) is 1. The highest BCUT2D eigenvalue weighted by atomic mass is 32.2. The van der Waals surface area contributed by atoms with Crippen molar-refractivity contribution in [3.8, 4) is 5.75 Å². The first-order chi connectivity index (χ1) is 16.9. The second-order valence-electron chi connectivity index (χ2n) is 8.38. The number of halogens is 5. The third-order valence-electron chi connectivity index (χ3n) is 5.53. The summed E-state index contributed by atoms with van der Waals surface area (Å²) in [5.41, 5.74) is -0.557. The van der Waals surface area contributed by atoms with Gasteiger partial charge in [-0.15, -0.1) is 0 Å². The molecule has 0 heterocycles. The number of hydrogen-bond donors (Lipinski definition) is 0. The number of benzene rings is 3. The van der Waals surface area contributed by atoms with Crippen LogP contribution in [-0.2, 0) is 29.0 Å². The molecular weight excluding hydrogens is 501 g/mol. The van der Waals surface area contributed by atoms with Crippen molar-refractivity contribution in [1.82, 2.24) is 4.90 Å². The van der Waals surface area contributed by atoms with Crippen LogP contribution in [0.2, 0.25) is 0 Å². The second kappa shape index (κ2) is 11.8. The minimum atomic E-state index is -4.80. The Morgan fingerprint density at radius 2 is 1.61 bits per heavy atom. The van der Waals surface area contributed by atoms with Gasteiger partial charge in [0.2, 0.25) is 0 Å². The van der Waals surface area contributed by atoms with Crippen LogP contribution in [-0.4, -0.2) is 39.3 Å². The summed E-state index contributed by atoms with van der Waals surface area (Å²) in [7, 11) is -3.39. The molecule has 0 aliphatic heterocycles. The van der Waals surface area contributed by atoms with Crippen LogP contribution in [0.5, 0.6) is 5.75 Å². The first-order valence-electron chi connectivity index (χ1n) is 11.2. The molecule has 0 aliphatic carbocycles. The van der Waals surface area contributed by atoms with Crippen LogP contribution in [0, 0.1) is 11.6 Å². The van der Waals surface area contributed by atoms with Gasteiger partial charge in [-0.3, -0.25) is 4.90 Å². The second-order valence-corrected chi connectivity index (χ2v) is 10.4. The van der Waals surface area contributed by atoms with E-state index >= 15 is 0 Å². The summed E-state index contributed by atoms with van der Waals surface area (Å²) >= 11 is 0. The van der Waals surface area contributed by atoms with Crippen LogP contribution in [0.4, 0.5) is 22.0 Å². The van der Waals surface area contributed by atoms with Gasteiger partial charge in [0.15, 0.2) is 9.84 Å². The van der Waals surface area contributed by atoms with Crippen LogP contribution < -0.4 is 4.74 Å². The van der Waals surface area contributed by atoms with E-state index in [1.165, 1.54) is 36.4 Å². The maximum Gasteiger partial charge on any atom is 0.419 e. The molecule has 36 heavy (non-hydrogen) atoms. The number of hydrogen-bond acceptors (Lipinski definition) is 4. The van der Waals surface area contributed by atoms with Crippen molar-refractivity contribution in [3.05, 3.63) is 95.1 Å². The van der Waals surface area contributed by atoms with E-state index in [9.17, 15) is 30.4 Å². The Morgan fingerprint density at radius 1 is 0.917 bits per heavy atom. The molecule has 0 amide bonds. The molecular formula is C26H26F5NO3S. The van der Waals surface area contributed by atoms with Gasteiger partial charge < -0.3 is 4.74 Å². The summed E-state index contributed by atoms with van der Waals surface area (Å²) in [4.78, 5) is 1.93. The average Bonchev–Trinajstić information content (AvgIpc) is 2.81. The summed E-state index contributed by atoms with van der Waals surface area (Å²) in [6.45, 7) is 0.930. The van der Waals surface area contributed by atoms with Gasteiger partial charge in [0.25, 0.3) is 0 Å². The molecule has 0 aromatic heterocycles. The highest BCUT2D eigenvalue weighted by molar-refractivity contribution is 7.90. The van der Waals surface area contributed by atoms with E-state index in [0.29, 0.717) is 37.7 Å². The predicted octanol–water partition coefficient (Wildman–Crippen LogP) is 5.90. The Balaban J connectivity index is 1.67. The molecule has 0 atom stereocenters. The van der Waals surface area contributed by atoms with Gasteiger partial charge in [0, 0.05) is 31.5 Å². The first kappa shape index (κ1) is 27.6. The van der Waals surface area contributed by atoms with Crippen molar-refractivity contribution in [2.24, 2.45) is 0 Å². The Bertz CT molecular complexity index is 1260. The quantitative estimate of drug-likeness (QED) is 0.230. The summed E-state index contributed by atoms with van der Waals surface area (Å²) < 4.78 is 96.3. The Kier molecular flexibility index (Phi) is 9.08. The van der Waals surface area contributed by atoms with Crippen LogP contribution >= 0.6 is 0 Å². The van der Waals surface area contributed by atoms with Crippen molar-refractivity contribution >= 4 is 9.84 Å². The average molecular weight is 528 g/mol. The lowest BCUT2D eigenvalue weighted by atomic mass is 10.1. The predicted molar refractivity (Wildman–Crippen MR) is 126 cm³/mol. The van der Waals surface area contributed by atoms with Crippen molar-refractivity contribution < 1.29 is 35.1 Å². The molecule has 0 radical (unpaired) electrons. The normalized spacial score (nSPS) is 12.2. The number of alkyl halides is 3. The van der Waals surface area contributed by atoms with Crippen molar-refractivity contribution in [3.63, 3.8) is 0 Å². The maximum absolute atomic E-state index is 14.6. The maximum atomic E-state index is 14.6. The van der Waals surface area contributed by atoms with Gasteiger partial charge in [-0.25, -0.2) is 17.2 Å². The molecule has 3 aromatic rings. The lowest BCUT2D eigenvalue weighted by Crippen LogP contribution is -2.28.